The third kappa shape index (κ3) is 4.58. The predicted octanol–water partition coefficient (Wildman–Crippen LogP) is 3.79. The van der Waals surface area contributed by atoms with Crippen molar-refractivity contribution in [2.45, 2.75) is 46.7 Å². The third-order valence-corrected chi connectivity index (χ3v) is 6.30. The summed E-state index contributed by atoms with van der Waals surface area (Å²) in [5.41, 5.74) is 3.10. The smallest absolute Gasteiger partial charge is 0.341 e. The number of esters is 1. The number of carboxylic acids is 1. The summed E-state index contributed by atoms with van der Waals surface area (Å²) < 4.78 is 14.1. The summed E-state index contributed by atoms with van der Waals surface area (Å²) in [5, 5.41) is 13.8. The van der Waals surface area contributed by atoms with Crippen LogP contribution in [0.1, 0.15) is 49.7 Å². The van der Waals surface area contributed by atoms with Crippen LogP contribution >= 0.6 is 0 Å². The average Bonchev–Trinajstić information content (AvgIpc) is 3.24. The number of aromatic nitrogens is 3. The van der Waals surface area contributed by atoms with E-state index in [1.807, 2.05) is 16.7 Å². The first-order valence-corrected chi connectivity index (χ1v) is 11.4. The summed E-state index contributed by atoms with van der Waals surface area (Å²) in [6.07, 6.45) is 5.54. The molecule has 1 N–H and O–H groups in total. The van der Waals surface area contributed by atoms with Crippen molar-refractivity contribution >= 4 is 11.9 Å². The fourth-order valence-corrected chi connectivity index (χ4v) is 4.57. The lowest BCUT2D eigenvalue weighted by Crippen LogP contribution is -2.32. The molecule has 3 aromatic rings. The van der Waals surface area contributed by atoms with E-state index >= 15 is 0 Å². The molecule has 0 bridgehead atoms. The van der Waals surface area contributed by atoms with Crippen LogP contribution in [0.2, 0.25) is 0 Å². The Morgan fingerprint density at radius 3 is 2.54 bits per heavy atom. The molecule has 0 aliphatic carbocycles. The number of carbonyl (C=O) groups is 2. The van der Waals surface area contributed by atoms with Crippen molar-refractivity contribution in [3.8, 4) is 28.1 Å². The van der Waals surface area contributed by atoms with Gasteiger partial charge < -0.3 is 19.1 Å². The lowest BCUT2D eigenvalue weighted by atomic mass is 9.78. The molecule has 1 aliphatic heterocycles. The number of carboxylic acid groups (broad SMARTS) is 1. The molecule has 0 amide bonds. The van der Waals surface area contributed by atoms with Gasteiger partial charge in [-0.3, -0.25) is 14.3 Å². The number of carbonyl (C=O) groups excluding carboxylic acids is 1. The summed E-state index contributed by atoms with van der Waals surface area (Å²) >= 11 is 0. The van der Waals surface area contributed by atoms with E-state index in [0.717, 1.165) is 22.3 Å². The van der Waals surface area contributed by atoms with Crippen LogP contribution in [0.5, 0.6) is 5.75 Å². The number of hydrogen-bond acceptors (Lipinski definition) is 6. The Labute approximate surface area is 202 Å². The highest BCUT2D eigenvalue weighted by Crippen LogP contribution is 2.45. The summed E-state index contributed by atoms with van der Waals surface area (Å²) in [6.45, 7) is 8.34. The quantitative estimate of drug-likeness (QED) is 0.535. The maximum atomic E-state index is 12.6. The topological polar surface area (TPSA) is 113 Å². The fourth-order valence-electron chi connectivity index (χ4n) is 4.57. The fraction of sp³-hybridized carbons (Fsp3) is 0.385. The molecule has 0 fully saturated rings. The molecule has 1 aromatic carbocycles. The first kappa shape index (κ1) is 24.3. The summed E-state index contributed by atoms with van der Waals surface area (Å²) in [4.78, 5) is 36.1. The highest BCUT2D eigenvalue weighted by molar-refractivity contribution is 5.88. The van der Waals surface area contributed by atoms with Gasteiger partial charge in [0.25, 0.3) is 0 Å². The number of aromatic carboxylic acids is 1. The first-order valence-electron chi connectivity index (χ1n) is 11.4. The summed E-state index contributed by atoms with van der Waals surface area (Å²) in [5.74, 6) is -1.03. The third-order valence-electron chi connectivity index (χ3n) is 6.30. The largest absolute Gasteiger partial charge is 0.496 e. The minimum absolute atomic E-state index is 0.00932. The molecule has 2 aromatic heterocycles. The van der Waals surface area contributed by atoms with Crippen molar-refractivity contribution in [2.24, 2.45) is 5.41 Å². The van der Waals surface area contributed by atoms with Gasteiger partial charge in [0.2, 0.25) is 0 Å². The number of nitrogens with zero attached hydrogens (tertiary/aromatic N) is 3. The molecule has 0 saturated heterocycles. The maximum Gasteiger partial charge on any atom is 0.341 e. The van der Waals surface area contributed by atoms with Crippen LogP contribution in [0.4, 0.5) is 0 Å². The highest BCUT2D eigenvalue weighted by atomic mass is 16.5. The van der Waals surface area contributed by atoms with Crippen molar-refractivity contribution in [1.29, 1.82) is 0 Å². The molecular weight excluding hydrogens is 450 g/mol. The van der Waals surface area contributed by atoms with Gasteiger partial charge in [-0.15, -0.1) is 0 Å². The van der Waals surface area contributed by atoms with Crippen LogP contribution in [0, 0.1) is 5.41 Å². The molecule has 1 atom stereocenters. The Hall–Kier alpha value is -3.88. The number of methoxy groups -OCH3 is 1. The van der Waals surface area contributed by atoms with E-state index in [2.05, 4.69) is 25.9 Å². The molecule has 9 nitrogen and oxygen atoms in total. The second-order valence-corrected chi connectivity index (χ2v) is 9.68. The zero-order valence-electron chi connectivity index (χ0n) is 20.5. The van der Waals surface area contributed by atoms with Gasteiger partial charge in [-0.25, -0.2) is 4.79 Å². The van der Waals surface area contributed by atoms with E-state index in [0.29, 0.717) is 24.5 Å². The number of benzene rings is 1. The number of hydrogen-bond donors (Lipinski definition) is 1. The van der Waals surface area contributed by atoms with E-state index in [4.69, 9.17) is 9.47 Å². The zero-order valence-corrected chi connectivity index (χ0v) is 20.5. The summed E-state index contributed by atoms with van der Waals surface area (Å²) in [6, 6.07) is 5.23. The lowest BCUT2D eigenvalue weighted by molar-refractivity contribution is -0.144. The van der Waals surface area contributed by atoms with Crippen LogP contribution < -0.4 is 10.2 Å². The van der Waals surface area contributed by atoms with Crippen molar-refractivity contribution < 1.29 is 24.2 Å². The van der Waals surface area contributed by atoms with E-state index in [9.17, 15) is 19.5 Å². The van der Waals surface area contributed by atoms with Gasteiger partial charge in [0.1, 0.15) is 17.9 Å². The second kappa shape index (κ2) is 9.05. The van der Waals surface area contributed by atoms with E-state index < -0.39 is 11.4 Å². The van der Waals surface area contributed by atoms with Crippen molar-refractivity contribution in [1.82, 2.24) is 14.3 Å². The Morgan fingerprint density at radius 2 is 1.91 bits per heavy atom. The molecule has 184 valence electrons. The van der Waals surface area contributed by atoms with Crippen LogP contribution in [0.15, 0.2) is 41.6 Å². The van der Waals surface area contributed by atoms with Crippen LogP contribution in [-0.4, -0.2) is 45.1 Å². The van der Waals surface area contributed by atoms with Gasteiger partial charge in [-0.2, -0.15) is 5.10 Å². The first-order chi connectivity index (χ1) is 16.5. The van der Waals surface area contributed by atoms with Gasteiger partial charge in [0.15, 0.2) is 5.43 Å². The Bertz CT molecular complexity index is 1360. The van der Waals surface area contributed by atoms with Crippen molar-refractivity contribution in [3.05, 3.63) is 58.1 Å². The SMILES string of the molecule is CCOC(=O)Cn1cc(-c2cc3c(cc2OC)-c2cc(=O)c(C(=O)O)cn2C(C(C)(C)C)C3)cn1. The molecule has 0 radical (unpaired) electrons. The molecule has 0 saturated carbocycles. The summed E-state index contributed by atoms with van der Waals surface area (Å²) in [7, 11) is 1.57. The lowest BCUT2D eigenvalue weighted by Gasteiger charge is -2.39. The van der Waals surface area contributed by atoms with E-state index in [1.54, 1.807) is 26.4 Å². The number of fused-ring (bicyclic) bond motifs is 3. The molecule has 3 heterocycles. The van der Waals surface area contributed by atoms with Gasteiger partial charge in [-0.1, -0.05) is 20.8 Å². The van der Waals surface area contributed by atoms with E-state index in [-0.39, 0.29) is 29.5 Å². The molecule has 9 heteroatoms. The van der Waals surface area contributed by atoms with Gasteiger partial charge >= 0.3 is 11.9 Å². The average molecular weight is 480 g/mol. The zero-order chi connectivity index (χ0) is 25.5. The number of ether oxygens (including phenoxy) is 2. The number of rotatable bonds is 6. The normalized spacial score (nSPS) is 14.7. The Kier molecular flexibility index (Phi) is 6.27. The Balaban J connectivity index is 1.85. The predicted molar refractivity (Wildman–Crippen MR) is 130 cm³/mol. The molecular formula is C26H29N3O6. The van der Waals surface area contributed by atoms with Crippen molar-refractivity contribution in [3.63, 3.8) is 0 Å². The molecule has 0 spiro atoms. The van der Waals surface area contributed by atoms with E-state index in [1.165, 1.54) is 16.9 Å². The highest BCUT2D eigenvalue weighted by Gasteiger charge is 2.34. The molecule has 4 rings (SSSR count). The number of pyridine rings is 1. The molecule has 1 aliphatic rings. The minimum atomic E-state index is -1.24. The van der Waals surface area contributed by atoms with Crippen LogP contribution in [-0.2, 0) is 22.5 Å². The van der Waals surface area contributed by atoms with Crippen LogP contribution in [0.3, 0.4) is 0 Å². The van der Waals surface area contributed by atoms with Gasteiger partial charge in [0.05, 0.1) is 25.6 Å². The monoisotopic (exact) mass is 479 g/mol. The second-order valence-electron chi connectivity index (χ2n) is 9.68. The van der Waals surface area contributed by atoms with Crippen molar-refractivity contribution in [2.75, 3.05) is 13.7 Å². The molecule has 1 unspecified atom stereocenters. The van der Waals surface area contributed by atoms with Gasteiger partial charge in [0, 0.05) is 41.2 Å². The van der Waals surface area contributed by atoms with Crippen LogP contribution in [0.25, 0.3) is 22.4 Å². The Morgan fingerprint density at radius 1 is 1.17 bits per heavy atom. The molecule has 35 heavy (non-hydrogen) atoms. The maximum absolute atomic E-state index is 12.6. The van der Waals surface area contributed by atoms with Gasteiger partial charge in [-0.05, 0) is 36.5 Å². The minimum Gasteiger partial charge on any atom is -0.496 e. The standard InChI is InChI=1S/C26H29N3O6/c1-6-35-24(31)14-28-12-16(11-27-28)18-7-15-8-23(26(2,3)4)29-13-19(25(32)33)21(30)10-20(29)17(15)9-22(18)34-5/h7,9-13,23H,6,8,14H2,1-5H3,(H,32,33).